The first-order chi connectivity index (χ1) is 9.76. The molecule has 2 heterocycles. The second-order valence-electron chi connectivity index (χ2n) is 5.84. The third-order valence-corrected chi connectivity index (χ3v) is 4.40. The van der Waals surface area contributed by atoms with Crippen LogP contribution in [0.1, 0.15) is 37.4 Å². The molecule has 2 aliphatic rings. The van der Waals surface area contributed by atoms with Crippen molar-refractivity contribution in [2.75, 3.05) is 7.11 Å². The lowest BCUT2D eigenvalue weighted by atomic mass is 9.99. The highest BCUT2D eigenvalue weighted by Crippen LogP contribution is 2.27. The fraction of sp³-hybridized carbons (Fsp3) is 0.562. The molecular weight excluding hydrogens is 252 g/mol. The minimum Gasteiger partial charge on any atom is -0.367 e. The molecule has 1 aromatic rings. The molecule has 20 heavy (non-hydrogen) atoms. The van der Waals surface area contributed by atoms with E-state index < -0.39 is 6.10 Å². The molecule has 3 rings (SSSR count). The lowest BCUT2D eigenvalue weighted by Crippen LogP contribution is -2.49. The van der Waals surface area contributed by atoms with Gasteiger partial charge < -0.3 is 15.4 Å². The summed E-state index contributed by atoms with van der Waals surface area (Å²) >= 11 is 0. The largest absolute Gasteiger partial charge is 0.367 e. The number of ether oxygens (including phenoxy) is 1. The summed E-state index contributed by atoms with van der Waals surface area (Å²) in [5.41, 5.74) is 0.907. The van der Waals surface area contributed by atoms with Crippen LogP contribution >= 0.6 is 0 Å². The van der Waals surface area contributed by atoms with Gasteiger partial charge in [-0.2, -0.15) is 0 Å². The predicted molar refractivity (Wildman–Crippen MR) is 77.3 cm³/mol. The van der Waals surface area contributed by atoms with E-state index in [1.807, 2.05) is 30.3 Å². The van der Waals surface area contributed by atoms with Crippen molar-refractivity contribution in [1.29, 1.82) is 0 Å². The van der Waals surface area contributed by atoms with Gasteiger partial charge in [-0.3, -0.25) is 4.79 Å². The highest BCUT2D eigenvalue weighted by atomic mass is 16.5. The summed E-state index contributed by atoms with van der Waals surface area (Å²) in [7, 11) is 1.59. The minimum atomic E-state index is -0.510. The number of amides is 1. The molecule has 2 aliphatic heterocycles. The molecule has 1 amide bonds. The maximum absolute atomic E-state index is 12.4. The minimum absolute atomic E-state index is 0.0231. The van der Waals surface area contributed by atoms with E-state index in [1.54, 1.807) is 7.11 Å². The SMILES string of the molecule is COC(C(=O)NC1CC2CCC(C1)N2)c1ccccc1. The number of carbonyl (C=O) groups excluding carboxylic acids is 1. The standard InChI is InChI=1S/C16H22N2O2/c1-20-15(11-5-3-2-4-6-11)16(19)18-14-9-12-7-8-13(10-14)17-12/h2-6,12-15,17H,7-10H2,1H3,(H,18,19). The predicted octanol–water partition coefficient (Wildman–Crippen LogP) is 1.77. The van der Waals surface area contributed by atoms with E-state index in [0.717, 1.165) is 18.4 Å². The summed E-state index contributed by atoms with van der Waals surface area (Å²) in [4.78, 5) is 12.4. The van der Waals surface area contributed by atoms with Crippen molar-refractivity contribution in [3.63, 3.8) is 0 Å². The van der Waals surface area contributed by atoms with E-state index in [9.17, 15) is 4.79 Å². The van der Waals surface area contributed by atoms with Gasteiger partial charge in [0.2, 0.25) is 0 Å². The monoisotopic (exact) mass is 274 g/mol. The van der Waals surface area contributed by atoms with Gasteiger partial charge in [0.25, 0.3) is 5.91 Å². The Morgan fingerprint density at radius 2 is 1.90 bits per heavy atom. The summed E-state index contributed by atoms with van der Waals surface area (Å²) in [6.07, 6.45) is 4.04. The van der Waals surface area contributed by atoms with Crippen LogP contribution in [0.15, 0.2) is 30.3 Å². The molecule has 2 saturated heterocycles. The number of nitrogens with one attached hydrogen (secondary N) is 2. The van der Waals surface area contributed by atoms with Crippen LogP contribution in [-0.2, 0) is 9.53 Å². The summed E-state index contributed by atoms with van der Waals surface area (Å²) in [5.74, 6) is -0.0231. The first-order valence-electron chi connectivity index (χ1n) is 7.40. The Morgan fingerprint density at radius 1 is 1.25 bits per heavy atom. The molecule has 3 atom stereocenters. The number of hydrogen-bond donors (Lipinski definition) is 2. The van der Waals surface area contributed by atoms with E-state index in [-0.39, 0.29) is 11.9 Å². The van der Waals surface area contributed by atoms with Crippen molar-refractivity contribution in [3.05, 3.63) is 35.9 Å². The second kappa shape index (κ2) is 5.94. The van der Waals surface area contributed by atoms with E-state index >= 15 is 0 Å². The molecule has 2 bridgehead atoms. The number of piperidine rings is 1. The highest BCUT2D eigenvalue weighted by Gasteiger charge is 2.35. The fourth-order valence-electron chi connectivity index (χ4n) is 3.47. The average molecular weight is 274 g/mol. The Kier molecular flexibility index (Phi) is 4.03. The van der Waals surface area contributed by atoms with Crippen molar-refractivity contribution in [2.45, 2.75) is 49.9 Å². The van der Waals surface area contributed by atoms with Crippen LogP contribution in [0.4, 0.5) is 0 Å². The van der Waals surface area contributed by atoms with Gasteiger partial charge in [-0.05, 0) is 31.2 Å². The third-order valence-electron chi connectivity index (χ3n) is 4.40. The Hall–Kier alpha value is -1.39. The van der Waals surface area contributed by atoms with Crippen molar-refractivity contribution in [1.82, 2.24) is 10.6 Å². The number of methoxy groups -OCH3 is 1. The molecule has 0 saturated carbocycles. The number of hydrogen-bond acceptors (Lipinski definition) is 3. The zero-order valence-corrected chi connectivity index (χ0v) is 11.8. The van der Waals surface area contributed by atoms with Gasteiger partial charge in [-0.25, -0.2) is 0 Å². The lowest BCUT2D eigenvalue weighted by Gasteiger charge is -2.30. The average Bonchev–Trinajstić information content (AvgIpc) is 2.80. The molecule has 3 unspecified atom stereocenters. The number of rotatable bonds is 4. The van der Waals surface area contributed by atoms with Crippen molar-refractivity contribution in [2.24, 2.45) is 0 Å². The Morgan fingerprint density at radius 3 is 2.50 bits per heavy atom. The Labute approximate surface area is 119 Å². The molecule has 4 nitrogen and oxygen atoms in total. The summed E-state index contributed by atoms with van der Waals surface area (Å²) in [6, 6.07) is 11.1. The summed E-state index contributed by atoms with van der Waals surface area (Å²) in [5, 5.41) is 6.75. The lowest BCUT2D eigenvalue weighted by molar-refractivity contribution is -0.132. The van der Waals surface area contributed by atoms with Crippen molar-refractivity contribution >= 4 is 5.91 Å². The summed E-state index contributed by atoms with van der Waals surface area (Å²) in [6.45, 7) is 0. The van der Waals surface area contributed by atoms with Crippen LogP contribution in [0.25, 0.3) is 0 Å². The topological polar surface area (TPSA) is 50.4 Å². The molecule has 0 aromatic heterocycles. The molecule has 0 spiro atoms. The van der Waals surface area contributed by atoms with E-state index in [1.165, 1.54) is 12.8 Å². The van der Waals surface area contributed by atoms with E-state index in [4.69, 9.17) is 4.74 Å². The van der Waals surface area contributed by atoms with Crippen LogP contribution in [-0.4, -0.2) is 31.1 Å². The van der Waals surface area contributed by atoms with E-state index in [0.29, 0.717) is 12.1 Å². The van der Waals surface area contributed by atoms with Gasteiger partial charge in [0, 0.05) is 25.2 Å². The van der Waals surface area contributed by atoms with Crippen molar-refractivity contribution in [3.8, 4) is 0 Å². The van der Waals surface area contributed by atoms with Crippen LogP contribution in [0, 0.1) is 0 Å². The van der Waals surface area contributed by atoms with Gasteiger partial charge in [0.1, 0.15) is 0 Å². The number of carbonyl (C=O) groups is 1. The summed E-state index contributed by atoms with van der Waals surface area (Å²) < 4.78 is 5.38. The number of fused-ring (bicyclic) bond motifs is 2. The van der Waals surface area contributed by atoms with Gasteiger partial charge in [0.15, 0.2) is 6.10 Å². The van der Waals surface area contributed by atoms with Gasteiger partial charge >= 0.3 is 0 Å². The number of benzene rings is 1. The first-order valence-corrected chi connectivity index (χ1v) is 7.40. The molecule has 0 radical (unpaired) electrons. The fourth-order valence-corrected chi connectivity index (χ4v) is 3.47. The maximum atomic E-state index is 12.4. The van der Waals surface area contributed by atoms with Crippen LogP contribution < -0.4 is 10.6 Å². The molecule has 1 aromatic carbocycles. The van der Waals surface area contributed by atoms with Gasteiger partial charge in [0.05, 0.1) is 0 Å². The third kappa shape index (κ3) is 2.86. The maximum Gasteiger partial charge on any atom is 0.253 e. The van der Waals surface area contributed by atoms with E-state index in [2.05, 4.69) is 10.6 Å². The quantitative estimate of drug-likeness (QED) is 0.880. The first kappa shape index (κ1) is 13.6. The molecule has 108 valence electrons. The second-order valence-corrected chi connectivity index (χ2v) is 5.84. The molecule has 2 N–H and O–H groups in total. The molecule has 4 heteroatoms. The van der Waals surface area contributed by atoms with Crippen LogP contribution in [0.5, 0.6) is 0 Å². The van der Waals surface area contributed by atoms with Crippen LogP contribution in [0.2, 0.25) is 0 Å². The van der Waals surface area contributed by atoms with Crippen LogP contribution in [0.3, 0.4) is 0 Å². The smallest absolute Gasteiger partial charge is 0.253 e. The zero-order valence-electron chi connectivity index (χ0n) is 11.8. The molecule has 0 aliphatic carbocycles. The molecular formula is C16H22N2O2. The van der Waals surface area contributed by atoms with Crippen molar-refractivity contribution < 1.29 is 9.53 Å². The Bertz CT molecular complexity index is 451. The highest BCUT2D eigenvalue weighted by molar-refractivity contribution is 5.82. The normalized spacial score (nSPS) is 29.9. The van der Waals surface area contributed by atoms with Gasteiger partial charge in [-0.15, -0.1) is 0 Å². The van der Waals surface area contributed by atoms with Gasteiger partial charge in [-0.1, -0.05) is 30.3 Å². The zero-order chi connectivity index (χ0) is 13.9. The Balaban J connectivity index is 1.63. The molecule has 2 fully saturated rings.